The summed E-state index contributed by atoms with van der Waals surface area (Å²) in [6.07, 6.45) is 7.94. The van der Waals surface area contributed by atoms with E-state index >= 15 is 0 Å². The smallest absolute Gasteiger partial charge is 0.253 e. The number of nitrogens with two attached hydrogens (primary N) is 1. The largest absolute Gasteiger partial charge is 0.493 e. The number of hydrogen-bond donors (Lipinski definition) is 1. The van der Waals surface area contributed by atoms with Gasteiger partial charge in [0.05, 0.1) is 6.61 Å². The number of carbonyl (C=O) groups is 2. The van der Waals surface area contributed by atoms with Crippen LogP contribution >= 0.6 is 0 Å². The van der Waals surface area contributed by atoms with E-state index in [-0.39, 0.29) is 17.7 Å². The fraction of sp³-hybridized carbons (Fsp3) is 0.548. The molecule has 2 amide bonds. The van der Waals surface area contributed by atoms with Crippen molar-refractivity contribution in [3.63, 3.8) is 0 Å². The zero-order valence-corrected chi connectivity index (χ0v) is 22.2. The molecule has 1 aliphatic carbocycles. The molecule has 198 valence electrons. The Labute approximate surface area is 221 Å². The van der Waals surface area contributed by atoms with Crippen LogP contribution in [0.2, 0.25) is 0 Å². The monoisotopic (exact) mass is 503 g/mol. The van der Waals surface area contributed by atoms with E-state index in [2.05, 4.69) is 24.0 Å². The Kier molecular flexibility index (Phi) is 7.84. The van der Waals surface area contributed by atoms with Crippen LogP contribution in [-0.2, 0) is 4.79 Å². The van der Waals surface area contributed by atoms with Crippen LogP contribution in [0.5, 0.6) is 5.75 Å². The third kappa shape index (κ3) is 6.35. The molecule has 2 heterocycles. The van der Waals surface area contributed by atoms with Crippen LogP contribution < -0.4 is 10.5 Å². The van der Waals surface area contributed by atoms with Crippen molar-refractivity contribution in [2.45, 2.75) is 51.9 Å². The van der Waals surface area contributed by atoms with Crippen molar-refractivity contribution < 1.29 is 14.3 Å². The van der Waals surface area contributed by atoms with Crippen LogP contribution in [0.15, 0.2) is 48.5 Å². The molecule has 0 unspecified atom stereocenters. The number of benzene rings is 2. The van der Waals surface area contributed by atoms with Crippen molar-refractivity contribution in [1.29, 1.82) is 0 Å². The van der Waals surface area contributed by atoms with Crippen molar-refractivity contribution in [3.8, 4) is 16.9 Å². The number of rotatable bonds is 8. The van der Waals surface area contributed by atoms with Gasteiger partial charge in [-0.15, -0.1) is 0 Å². The highest BCUT2D eigenvalue weighted by molar-refractivity contribution is 5.95. The molecule has 3 fully saturated rings. The van der Waals surface area contributed by atoms with Crippen molar-refractivity contribution in [1.82, 2.24) is 9.80 Å². The van der Waals surface area contributed by atoms with Crippen LogP contribution in [0.1, 0.15) is 62.2 Å². The minimum atomic E-state index is -0.262. The number of piperidine rings is 2. The maximum Gasteiger partial charge on any atom is 0.253 e. The van der Waals surface area contributed by atoms with Gasteiger partial charge in [0.25, 0.3) is 5.91 Å². The fourth-order valence-electron chi connectivity index (χ4n) is 6.10. The summed E-state index contributed by atoms with van der Waals surface area (Å²) in [6.45, 7) is 8.06. The van der Waals surface area contributed by atoms with Gasteiger partial charge >= 0.3 is 0 Å². The lowest BCUT2D eigenvalue weighted by Crippen LogP contribution is -2.44. The second-order valence-electron chi connectivity index (χ2n) is 11.8. The summed E-state index contributed by atoms with van der Waals surface area (Å²) in [5.41, 5.74) is 8.83. The summed E-state index contributed by atoms with van der Waals surface area (Å²) in [5, 5.41) is 0. The molecule has 2 aromatic carbocycles. The Morgan fingerprint density at radius 3 is 2.03 bits per heavy atom. The molecule has 0 bridgehead atoms. The molecule has 1 saturated carbocycles. The lowest BCUT2D eigenvalue weighted by atomic mass is 9.70. The molecule has 2 saturated heterocycles. The topological polar surface area (TPSA) is 75.9 Å². The highest BCUT2D eigenvalue weighted by atomic mass is 16.5. The lowest BCUT2D eigenvalue weighted by Gasteiger charge is -2.44. The fourth-order valence-corrected chi connectivity index (χ4v) is 6.10. The van der Waals surface area contributed by atoms with Crippen LogP contribution in [0.4, 0.5) is 0 Å². The first-order valence-corrected chi connectivity index (χ1v) is 14.0. The normalized spacial score (nSPS) is 20.8. The quantitative estimate of drug-likeness (QED) is 0.552. The molecular weight excluding hydrogens is 462 g/mol. The first-order chi connectivity index (χ1) is 17.9. The maximum absolute atomic E-state index is 12.9. The van der Waals surface area contributed by atoms with E-state index in [1.54, 1.807) is 0 Å². The van der Waals surface area contributed by atoms with Crippen LogP contribution in [0, 0.1) is 17.3 Å². The van der Waals surface area contributed by atoms with Gasteiger partial charge in [0, 0.05) is 31.1 Å². The number of hydrogen-bond acceptors (Lipinski definition) is 4. The van der Waals surface area contributed by atoms with E-state index in [0.717, 1.165) is 23.5 Å². The molecule has 0 atom stereocenters. The number of likely N-dealkylation sites (tertiary alicyclic amines) is 2. The maximum atomic E-state index is 12.9. The number of ether oxygens (including phenoxy) is 1. The Hall–Kier alpha value is -2.86. The number of nitrogens with zero attached hydrogens (tertiary/aromatic N) is 2. The highest BCUT2D eigenvalue weighted by Gasteiger charge is 2.34. The molecule has 6 heteroatoms. The van der Waals surface area contributed by atoms with E-state index < -0.39 is 0 Å². The number of amides is 2. The number of carbonyl (C=O) groups excluding carboxylic acids is 2. The van der Waals surface area contributed by atoms with Gasteiger partial charge in [0.2, 0.25) is 5.91 Å². The molecule has 3 aliphatic rings. The van der Waals surface area contributed by atoms with Crippen molar-refractivity contribution in [2.75, 3.05) is 39.3 Å². The van der Waals surface area contributed by atoms with E-state index in [9.17, 15) is 9.59 Å². The lowest BCUT2D eigenvalue weighted by molar-refractivity contribution is -0.123. The van der Waals surface area contributed by atoms with Gasteiger partial charge in [0.15, 0.2) is 0 Å². The summed E-state index contributed by atoms with van der Waals surface area (Å²) in [7, 11) is 0. The molecule has 2 aromatic rings. The van der Waals surface area contributed by atoms with Crippen LogP contribution in [0.3, 0.4) is 0 Å². The molecular formula is C31H41N3O3. The predicted octanol–water partition coefficient (Wildman–Crippen LogP) is 4.97. The molecule has 0 spiro atoms. The zero-order valence-electron chi connectivity index (χ0n) is 22.2. The SMILES string of the molecule is CC1(CN2CCC(COc3ccc(-c4ccc(C(=O)N5CCC(C(N)=O)CC5)cc4)cc3)CC2)CCC1. The third-order valence-electron chi connectivity index (χ3n) is 8.86. The summed E-state index contributed by atoms with van der Waals surface area (Å²) in [6, 6.07) is 16.0. The minimum Gasteiger partial charge on any atom is -0.493 e. The second kappa shape index (κ2) is 11.3. The summed E-state index contributed by atoms with van der Waals surface area (Å²) in [5.74, 6) is 1.19. The van der Waals surface area contributed by atoms with Gasteiger partial charge in [-0.1, -0.05) is 37.6 Å². The van der Waals surface area contributed by atoms with Gasteiger partial charge in [0.1, 0.15) is 5.75 Å². The highest BCUT2D eigenvalue weighted by Crippen LogP contribution is 2.41. The van der Waals surface area contributed by atoms with E-state index in [0.29, 0.717) is 42.8 Å². The summed E-state index contributed by atoms with van der Waals surface area (Å²) >= 11 is 0. The van der Waals surface area contributed by atoms with E-state index in [1.165, 1.54) is 51.7 Å². The van der Waals surface area contributed by atoms with Gasteiger partial charge in [-0.3, -0.25) is 9.59 Å². The second-order valence-corrected chi connectivity index (χ2v) is 11.8. The Bertz CT molecular complexity index is 1060. The molecule has 2 aliphatic heterocycles. The first-order valence-electron chi connectivity index (χ1n) is 14.0. The summed E-state index contributed by atoms with van der Waals surface area (Å²) in [4.78, 5) is 28.7. The number of primary amides is 1. The van der Waals surface area contributed by atoms with Crippen LogP contribution in [-0.4, -0.2) is 60.9 Å². The van der Waals surface area contributed by atoms with Gasteiger partial charge < -0.3 is 20.3 Å². The van der Waals surface area contributed by atoms with Crippen LogP contribution in [0.25, 0.3) is 11.1 Å². The van der Waals surface area contributed by atoms with Crippen molar-refractivity contribution in [2.24, 2.45) is 23.0 Å². The third-order valence-corrected chi connectivity index (χ3v) is 8.86. The zero-order chi connectivity index (χ0) is 25.8. The van der Waals surface area contributed by atoms with E-state index in [4.69, 9.17) is 10.5 Å². The molecule has 6 nitrogen and oxygen atoms in total. The molecule has 5 rings (SSSR count). The first kappa shape index (κ1) is 25.8. The average Bonchev–Trinajstić information content (AvgIpc) is 2.92. The Morgan fingerprint density at radius 2 is 1.49 bits per heavy atom. The minimum absolute atomic E-state index is 0.0151. The summed E-state index contributed by atoms with van der Waals surface area (Å²) < 4.78 is 6.15. The van der Waals surface area contributed by atoms with E-state index in [1.807, 2.05) is 41.3 Å². The molecule has 37 heavy (non-hydrogen) atoms. The molecule has 0 radical (unpaired) electrons. The Balaban J connectivity index is 1.07. The molecule has 0 aromatic heterocycles. The Morgan fingerprint density at radius 1 is 0.892 bits per heavy atom. The van der Waals surface area contributed by atoms with Gasteiger partial charge in [-0.05, 0) is 98.3 Å². The van der Waals surface area contributed by atoms with Gasteiger partial charge in [-0.2, -0.15) is 0 Å². The van der Waals surface area contributed by atoms with Gasteiger partial charge in [-0.25, -0.2) is 0 Å². The molecule has 2 N–H and O–H groups in total. The predicted molar refractivity (Wildman–Crippen MR) is 146 cm³/mol. The standard InChI is InChI=1S/C31H41N3O3/c1-31(15-2-16-31)22-33-17-11-23(12-18-33)21-37-28-9-7-25(8-10-28)24-3-5-27(6-4-24)30(36)34-19-13-26(14-20-34)29(32)35/h3-10,23,26H,2,11-22H2,1H3,(H2,32,35). The van der Waals surface area contributed by atoms with Crippen molar-refractivity contribution in [3.05, 3.63) is 54.1 Å². The average molecular weight is 504 g/mol. The van der Waals surface area contributed by atoms with Crippen molar-refractivity contribution >= 4 is 11.8 Å².